The highest BCUT2D eigenvalue weighted by molar-refractivity contribution is 7.45. The average molecular weight is 906 g/mol. The molecular formula is C54H100NO7P. The van der Waals surface area contributed by atoms with Crippen molar-refractivity contribution in [3.05, 3.63) is 60.8 Å². The van der Waals surface area contributed by atoms with Gasteiger partial charge in [0.1, 0.15) is 19.3 Å². The van der Waals surface area contributed by atoms with Gasteiger partial charge in [-0.2, -0.15) is 0 Å². The van der Waals surface area contributed by atoms with Crippen LogP contribution in [0, 0.1) is 0 Å². The van der Waals surface area contributed by atoms with E-state index in [1.54, 1.807) is 0 Å². The van der Waals surface area contributed by atoms with Crippen LogP contribution >= 0.6 is 7.82 Å². The van der Waals surface area contributed by atoms with Crippen molar-refractivity contribution < 1.29 is 37.3 Å². The van der Waals surface area contributed by atoms with Crippen molar-refractivity contribution in [3.63, 3.8) is 0 Å². The molecule has 0 amide bonds. The van der Waals surface area contributed by atoms with Gasteiger partial charge in [-0.25, -0.2) is 0 Å². The van der Waals surface area contributed by atoms with Gasteiger partial charge in [-0.1, -0.05) is 197 Å². The van der Waals surface area contributed by atoms with E-state index in [1.165, 1.54) is 128 Å². The maximum absolute atomic E-state index is 12.7. The van der Waals surface area contributed by atoms with E-state index in [4.69, 9.17) is 18.5 Å². The summed E-state index contributed by atoms with van der Waals surface area (Å²) in [5.41, 5.74) is 0. The van der Waals surface area contributed by atoms with Crippen LogP contribution in [-0.2, 0) is 27.9 Å². The van der Waals surface area contributed by atoms with E-state index in [2.05, 4.69) is 74.6 Å². The minimum Gasteiger partial charge on any atom is -0.756 e. The number of esters is 1. The first kappa shape index (κ1) is 61.2. The van der Waals surface area contributed by atoms with Crippen molar-refractivity contribution in [2.24, 2.45) is 0 Å². The lowest BCUT2D eigenvalue weighted by molar-refractivity contribution is -0.870. The van der Waals surface area contributed by atoms with E-state index in [9.17, 15) is 14.3 Å². The summed E-state index contributed by atoms with van der Waals surface area (Å²) in [6.07, 6.45) is 59.6. The average Bonchev–Trinajstić information content (AvgIpc) is 3.24. The van der Waals surface area contributed by atoms with Crippen LogP contribution in [-0.4, -0.2) is 70.7 Å². The molecule has 0 saturated heterocycles. The summed E-state index contributed by atoms with van der Waals surface area (Å²) in [4.78, 5) is 25.1. The molecule has 2 atom stereocenters. The van der Waals surface area contributed by atoms with Gasteiger partial charge in [0.25, 0.3) is 7.82 Å². The molecule has 63 heavy (non-hydrogen) atoms. The van der Waals surface area contributed by atoms with Gasteiger partial charge in [0, 0.05) is 13.0 Å². The largest absolute Gasteiger partial charge is 0.756 e. The number of likely N-dealkylation sites (N-methyl/N-ethyl adjacent to an activating group) is 1. The highest BCUT2D eigenvalue weighted by atomic mass is 31.2. The number of phosphoric ester groups is 1. The van der Waals surface area contributed by atoms with Crippen LogP contribution < -0.4 is 4.89 Å². The van der Waals surface area contributed by atoms with Crippen molar-refractivity contribution in [3.8, 4) is 0 Å². The second kappa shape index (κ2) is 46.7. The van der Waals surface area contributed by atoms with Crippen molar-refractivity contribution in [1.29, 1.82) is 0 Å². The number of allylic oxidation sites excluding steroid dienone is 10. The fourth-order valence-corrected chi connectivity index (χ4v) is 7.79. The number of carbonyl (C=O) groups excluding carboxylic acids is 1. The number of unbranched alkanes of at least 4 members (excludes halogenated alkanes) is 24. The maximum Gasteiger partial charge on any atom is 0.306 e. The Labute approximate surface area is 390 Å². The van der Waals surface area contributed by atoms with E-state index < -0.39 is 13.9 Å². The molecule has 2 unspecified atom stereocenters. The van der Waals surface area contributed by atoms with E-state index in [0.717, 1.165) is 70.6 Å². The molecular weight excluding hydrogens is 806 g/mol. The molecule has 0 saturated carbocycles. The van der Waals surface area contributed by atoms with E-state index in [1.807, 2.05) is 21.1 Å². The SMILES string of the molecule is CC/C=C\C/C=C\C/C=C\C/C=C\CCCCCCCCCCCCCCCOCC(COP(=O)([O-])OCC[N+](C)(C)C)OC(=O)CCCCCCC/C=C\CCCCCCCC. The summed E-state index contributed by atoms with van der Waals surface area (Å²) >= 11 is 0. The van der Waals surface area contributed by atoms with Crippen LogP contribution in [0.1, 0.15) is 219 Å². The molecule has 0 fully saturated rings. The fourth-order valence-electron chi connectivity index (χ4n) is 7.06. The molecule has 0 aliphatic carbocycles. The molecule has 0 spiro atoms. The summed E-state index contributed by atoms with van der Waals surface area (Å²) in [5.74, 6) is -0.343. The van der Waals surface area contributed by atoms with Gasteiger partial charge in [-0.05, 0) is 77.0 Å². The molecule has 0 heterocycles. The Morgan fingerprint density at radius 1 is 0.508 bits per heavy atom. The van der Waals surface area contributed by atoms with E-state index in [-0.39, 0.29) is 25.8 Å². The zero-order chi connectivity index (χ0) is 46.2. The quantitative estimate of drug-likeness (QED) is 0.0197. The smallest absolute Gasteiger partial charge is 0.306 e. The van der Waals surface area contributed by atoms with Gasteiger partial charge < -0.3 is 27.9 Å². The lowest BCUT2D eigenvalue weighted by Crippen LogP contribution is -2.37. The predicted molar refractivity (Wildman–Crippen MR) is 268 cm³/mol. The van der Waals surface area contributed by atoms with Crippen molar-refractivity contribution >= 4 is 13.8 Å². The molecule has 8 nitrogen and oxygen atoms in total. The highest BCUT2D eigenvalue weighted by Gasteiger charge is 2.20. The van der Waals surface area contributed by atoms with Gasteiger partial charge >= 0.3 is 5.97 Å². The van der Waals surface area contributed by atoms with Gasteiger partial charge in [-0.15, -0.1) is 0 Å². The van der Waals surface area contributed by atoms with Crippen LogP contribution in [0.25, 0.3) is 0 Å². The van der Waals surface area contributed by atoms with Crippen LogP contribution in [0.15, 0.2) is 60.8 Å². The first-order valence-corrected chi connectivity index (χ1v) is 27.5. The third-order valence-electron chi connectivity index (χ3n) is 11.1. The van der Waals surface area contributed by atoms with E-state index in [0.29, 0.717) is 24.1 Å². The predicted octanol–water partition coefficient (Wildman–Crippen LogP) is 15.4. The number of nitrogens with zero attached hydrogens (tertiary/aromatic N) is 1. The summed E-state index contributed by atoms with van der Waals surface area (Å²) < 4.78 is 34.7. The topological polar surface area (TPSA) is 94.1 Å². The highest BCUT2D eigenvalue weighted by Crippen LogP contribution is 2.38. The molecule has 368 valence electrons. The van der Waals surface area contributed by atoms with E-state index >= 15 is 0 Å². The Bertz CT molecular complexity index is 1190. The minimum atomic E-state index is -4.53. The summed E-state index contributed by atoms with van der Waals surface area (Å²) in [7, 11) is 1.35. The first-order valence-electron chi connectivity index (χ1n) is 26.0. The molecule has 0 aromatic rings. The summed E-state index contributed by atoms with van der Waals surface area (Å²) in [6, 6.07) is 0. The van der Waals surface area contributed by atoms with Gasteiger partial charge in [0.05, 0.1) is 34.4 Å². The normalized spacial score (nSPS) is 14.1. The maximum atomic E-state index is 12.7. The second-order valence-electron chi connectivity index (χ2n) is 18.5. The monoisotopic (exact) mass is 906 g/mol. The Morgan fingerprint density at radius 3 is 1.40 bits per heavy atom. The van der Waals surface area contributed by atoms with Crippen molar-refractivity contribution in [2.75, 3.05) is 54.1 Å². The van der Waals surface area contributed by atoms with Crippen molar-refractivity contribution in [1.82, 2.24) is 0 Å². The summed E-state index contributed by atoms with van der Waals surface area (Å²) in [6.45, 7) is 5.30. The summed E-state index contributed by atoms with van der Waals surface area (Å²) in [5, 5.41) is 0. The number of carbonyl (C=O) groups is 1. The lowest BCUT2D eigenvalue weighted by atomic mass is 10.0. The molecule has 0 aliphatic rings. The third kappa shape index (κ3) is 51.1. The standard InChI is InChI=1S/C54H100NO7P/c1-6-8-10-12-14-16-18-20-22-23-24-25-26-27-28-29-30-31-32-34-36-38-40-42-44-46-49-59-51-53(52-61-63(57,58)60-50-48-55(3,4)5)62-54(56)47-45-43-41-39-37-35-33-21-19-17-15-13-11-9-7-2/h8,10,14,16,20-22,24-25,33,53H,6-7,9,11-13,15,17-19,23,26-32,34-52H2,1-5H3/b10-8-,16-14-,22-20-,25-24-,33-21-. The molecule has 0 aliphatic heterocycles. The van der Waals surface area contributed by atoms with Gasteiger partial charge in [0.15, 0.2) is 0 Å². The minimum absolute atomic E-state index is 0.0231. The Balaban J connectivity index is 4.08. The van der Waals surface area contributed by atoms with Gasteiger partial charge in [0.2, 0.25) is 0 Å². The molecule has 0 N–H and O–H groups in total. The van der Waals surface area contributed by atoms with Crippen molar-refractivity contribution in [2.45, 2.75) is 225 Å². The van der Waals surface area contributed by atoms with Crippen LogP contribution in [0.3, 0.4) is 0 Å². The molecule has 0 radical (unpaired) electrons. The zero-order valence-corrected chi connectivity index (χ0v) is 42.7. The van der Waals surface area contributed by atoms with Crippen LogP contribution in [0.2, 0.25) is 0 Å². The lowest BCUT2D eigenvalue weighted by Gasteiger charge is -2.28. The first-order chi connectivity index (χ1) is 30.6. The Morgan fingerprint density at radius 2 is 0.921 bits per heavy atom. The Hall–Kier alpha value is -1.80. The zero-order valence-electron chi connectivity index (χ0n) is 41.8. The number of phosphoric acid groups is 1. The third-order valence-corrected chi connectivity index (χ3v) is 12.0. The molecule has 0 aromatic heterocycles. The second-order valence-corrected chi connectivity index (χ2v) is 19.9. The number of quaternary nitrogens is 1. The number of hydrogen-bond donors (Lipinski definition) is 0. The Kier molecular flexibility index (Phi) is 45.4. The fraction of sp³-hybridized carbons (Fsp3) is 0.796. The molecule has 0 bridgehead atoms. The number of hydrogen-bond acceptors (Lipinski definition) is 7. The number of rotatable bonds is 48. The molecule has 9 heteroatoms. The van der Waals surface area contributed by atoms with Gasteiger partial charge in [-0.3, -0.25) is 9.36 Å². The van der Waals surface area contributed by atoms with Crippen LogP contribution in [0.4, 0.5) is 0 Å². The van der Waals surface area contributed by atoms with Crippen LogP contribution in [0.5, 0.6) is 0 Å². The number of ether oxygens (including phenoxy) is 2. The molecule has 0 rings (SSSR count). The molecule has 0 aromatic carbocycles.